The van der Waals surface area contributed by atoms with Gasteiger partial charge in [0.15, 0.2) is 5.65 Å². The molecule has 0 atom stereocenters. The first kappa shape index (κ1) is 22.2. The molecule has 0 fully saturated rings. The SMILES string of the molecule is COc1ccc(CNC(=O)c2cc(-c3ccc(OC)cc3)nc3n[nH]c(-c4ccccc4)c23)cc1. The summed E-state index contributed by atoms with van der Waals surface area (Å²) in [6, 6.07) is 26.8. The number of aromatic nitrogens is 3. The number of pyridine rings is 1. The van der Waals surface area contributed by atoms with Crippen LogP contribution < -0.4 is 14.8 Å². The molecule has 0 saturated heterocycles. The van der Waals surface area contributed by atoms with Gasteiger partial charge in [0.2, 0.25) is 0 Å². The first-order chi connectivity index (χ1) is 17.2. The van der Waals surface area contributed by atoms with Crippen molar-refractivity contribution < 1.29 is 14.3 Å². The Morgan fingerprint density at radius 2 is 1.51 bits per heavy atom. The molecule has 2 aromatic heterocycles. The second-order valence-electron chi connectivity index (χ2n) is 7.98. The van der Waals surface area contributed by atoms with E-state index < -0.39 is 0 Å². The van der Waals surface area contributed by atoms with E-state index in [4.69, 9.17) is 14.5 Å². The van der Waals surface area contributed by atoms with Crippen molar-refractivity contribution in [3.05, 3.63) is 96.1 Å². The number of methoxy groups -OCH3 is 2. The van der Waals surface area contributed by atoms with E-state index >= 15 is 0 Å². The molecular formula is C28H24N4O3. The highest BCUT2D eigenvalue weighted by molar-refractivity contribution is 6.10. The Bertz CT molecular complexity index is 1460. The summed E-state index contributed by atoms with van der Waals surface area (Å²) in [4.78, 5) is 18.2. The minimum Gasteiger partial charge on any atom is -0.497 e. The van der Waals surface area contributed by atoms with Gasteiger partial charge in [-0.3, -0.25) is 9.89 Å². The van der Waals surface area contributed by atoms with Gasteiger partial charge in [-0.05, 0) is 48.0 Å². The van der Waals surface area contributed by atoms with E-state index in [0.717, 1.165) is 33.9 Å². The van der Waals surface area contributed by atoms with E-state index in [1.54, 1.807) is 14.2 Å². The Hall–Kier alpha value is -4.65. The zero-order valence-electron chi connectivity index (χ0n) is 19.4. The maximum atomic E-state index is 13.5. The van der Waals surface area contributed by atoms with Crippen molar-refractivity contribution in [1.29, 1.82) is 0 Å². The molecule has 2 heterocycles. The lowest BCUT2D eigenvalue weighted by atomic mass is 10.0. The van der Waals surface area contributed by atoms with Crippen LogP contribution in [0.1, 0.15) is 15.9 Å². The number of carbonyl (C=O) groups is 1. The summed E-state index contributed by atoms with van der Waals surface area (Å²) >= 11 is 0. The summed E-state index contributed by atoms with van der Waals surface area (Å²) in [5.41, 5.74) is 5.15. The third-order valence-corrected chi connectivity index (χ3v) is 5.83. The quantitative estimate of drug-likeness (QED) is 0.344. The maximum absolute atomic E-state index is 13.5. The molecule has 3 aromatic carbocycles. The van der Waals surface area contributed by atoms with Gasteiger partial charge in [0.1, 0.15) is 11.5 Å². The number of ether oxygens (including phenoxy) is 2. The number of carbonyl (C=O) groups excluding carboxylic acids is 1. The second kappa shape index (κ2) is 9.69. The molecule has 7 heteroatoms. The number of hydrogen-bond acceptors (Lipinski definition) is 5. The number of aromatic amines is 1. The minimum atomic E-state index is -0.207. The van der Waals surface area contributed by atoms with Gasteiger partial charge >= 0.3 is 0 Å². The molecule has 0 saturated carbocycles. The zero-order chi connectivity index (χ0) is 24.2. The van der Waals surface area contributed by atoms with Crippen LogP contribution in [0, 0.1) is 0 Å². The molecule has 1 amide bonds. The van der Waals surface area contributed by atoms with Gasteiger partial charge in [0.25, 0.3) is 5.91 Å². The van der Waals surface area contributed by atoms with E-state index in [1.165, 1.54) is 0 Å². The van der Waals surface area contributed by atoms with E-state index in [-0.39, 0.29) is 5.91 Å². The second-order valence-corrected chi connectivity index (χ2v) is 7.98. The number of benzene rings is 3. The highest BCUT2D eigenvalue weighted by atomic mass is 16.5. The van der Waals surface area contributed by atoms with E-state index in [9.17, 15) is 4.79 Å². The Morgan fingerprint density at radius 3 is 2.17 bits per heavy atom. The predicted octanol–water partition coefficient (Wildman–Crippen LogP) is 5.24. The molecule has 0 radical (unpaired) electrons. The molecule has 35 heavy (non-hydrogen) atoms. The number of nitrogens with one attached hydrogen (secondary N) is 2. The lowest BCUT2D eigenvalue weighted by Gasteiger charge is -2.10. The van der Waals surface area contributed by atoms with Gasteiger partial charge in [0, 0.05) is 17.7 Å². The van der Waals surface area contributed by atoms with Crippen molar-refractivity contribution in [3.63, 3.8) is 0 Å². The van der Waals surface area contributed by atoms with Crippen molar-refractivity contribution in [2.24, 2.45) is 0 Å². The third kappa shape index (κ3) is 4.56. The summed E-state index contributed by atoms with van der Waals surface area (Å²) in [7, 11) is 3.25. The maximum Gasteiger partial charge on any atom is 0.252 e. The average Bonchev–Trinajstić information content (AvgIpc) is 3.36. The summed E-state index contributed by atoms with van der Waals surface area (Å²) in [5.74, 6) is 1.31. The third-order valence-electron chi connectivity index (χ3n) is 5.83. The van der Waals surface area contributed by atoms with Crippen LogP contribution in [0.3, 0.4) is 0 Å². The first-order valence-corrected chi connectivity index (χ1v) is 11.2. The van der Waals surface area contributed by atoms with Crippen molar-refractivity contribution in [2.75, 3.05) is 14.2 Å². The van der Waals surface area contributed by atoms with Crippen LogP contribution in [-0.4, -0.2) is 35.3 Å². The molecule has 0 aliphatic rings. The predicted molar refractivity (Wildman–Crippen MR) is 135 cm³/mol. The summed E-state index contributed by atoms with van der Waals surface area (Å²) in [6.07, 6.45) is 0. The van der Waals surface area contributed by atoms with Gasteiger partial charge in [0.05, 0.1) is 36.6 Å². The molecule has 2 N–H and O–H groups in total. The molecule has 0 aliphatic heterocycles. The summed E-state index contributed by atoms with van der Waals surface area (Å²) < 4.78 is 10.5. The molecule has 0 spiro atoms. The summed E-state index contributed by atoms with van der Waals surface area (Å²) in [6.45, 7) is 0.378. The fourth-order valence-corrected chi connectivity index (χ4v) is 3.95. The zero-order valence-corrected chi connectivity index (χ0v) is 19.4. The number of rotatable bonds is 7. The highest BCUT2D eigenvalue weighted by Gasteiger charge is 2.20. The normalized spacial score (nSPS) is 10.8. The lowest BCUT2D eigenvalue weighted by molar-refractivity contribution is 0.0952. The standard InChI is InChI=1S/C28H24N4O3/c1-34-21-12-8-18(9-13-21)17-29-28(33)23-16-24(19-10-14-22(35-2)15-11-19)30-27-25(23)26(31-32-27)20-6-4-3-5-7-20/h3-16H,17H2,1-2H3,(H,29,33)(H,30,31,32). The van der Waals surface area contributed by atoms with Crippen molar-refractivity contribution in [1.82, 2.24) is 20.5 Å². The topological polar surface area (TPSA) is 89.1 Å². The Balaban J connectivity index is 1.56. The molecule has 5 aromatic rings. The molecular weight excluding hydrogens is 440 g/mol. The van der Waals surface area contributed by atoms with Crippen LogP contribution in [0.25, 0.3) is 33.5 Å². The van der Waals surface area contributed by atoms with E-state index in [1.807, 2.05) is 84.9 Å². The van der Waals surface area contributed by atoms with Gasteiger partial charge in [-0.25, -0.2) is 4.98 Å². The number of hydrogen-bond donors (Lipinski definition) is 2. The van der Waals surface area contributed by atoms with Crippen LogP contribution in [0.4, 0.5) is 0 Å². The average molecular weight is 465 g/mol. The van der Waals surface area contributed by atoms with Gasteiger partial charge in [-0.2, -0.15) is 5.10 Å². The molecule has 0 bridgehead atoms. The van der Waals surface area contributed by atoms with Crippen molar-refractivity contribution >= 4 is 16.9 Å². The minimum absolute atomic E-state index is 0.207. The van der Waals surface area contributed by atoms with Crippen LogP contribution in [0.5, 0.6) is 11.5 Å². The van der Waals surface area contributed by atoms with Crippen molar-refractivity contribution in [2.45, 2.75) is 6.54 Å². The molecule has 7 nitrogen and oxygen atoms in total. The van der Waals surface area contributed by atoms with Crippen LogP contribution >= 0.6 is 0 Å². The van der Waals surface area contributed by atoms with Gasteiger partial charge in [-0.15, -0.1) is 0 Å². The Kier molecular flexibility index (Phi) is 6.13. The van der Waals surface area contributed by atoms with E-state index in [0.29, 0.717) is 28.8 Å². The summed E-state index contributed by atoms with van der Waals surface area (Å²) in [5, 5.41) is 11.2. The largest absolute Gasteiger partial charge is 0.497 e. The molecule has 0 unspecified atom stereocenters. The monoisotopic (exact) mass is 464 g/mol. The van der Waals surface area contributed by atoms with E-state index in [2.05, 4.69) is 15.5 Å². The molecule has 174 valence electrons. The number of amides is 1. The fourth-order valence-electron chi connectivity index (χ4n) is 3.95. The van der Waals surface area contributed by atoms with Crippen LogP contribution in [0.15, 0.2) is 84.9 Å². The van der Waals surface area contributed by atoms with Crippen LogP contribution in [0.2, 0.25) is 0 Å². The number of H-pyrrole nitrogens is 1. The number of nitrogens with zero attached hydrogens (tertiary/aromatic N) is 2. The highest BCUT2D eigenvalue weighted by Crippen LogP contribution is 2.32. The molecule has 0 aliphatic carbocycles. The Morgan fingerprint density at radius 1 is 0.857 bits per heavy atom. The molecule has 5 rings (SSSR count). The Labute approximate surface area is 202 Å². The van der Waals surface area contributed by atoms with Crippen LogP contribution in [-0.2, 0) is 6.54 Å². The smallest absolute Gasteiger partial charge is 0.252 e. The fraction of sp³-hybridized carbons (Fsp3) is 0.107. The van der Waals surface area contributed by atoms with Gasteiger partial charge < -0.3 is 14.8 Å². The first-order valence-electron chi connectivity index (χ1n) is 11.2. The van der Waals surface area contributed by atoms with Gasteiger partial charge in [-0.1, -0.05) is 42.5 Å². The lowest BCUT2D eigenvalue weighted by Crippen LogP contribution is -2.23. The van der Waals surface area contributed by atoms with Crippen molar-refractivity contribution in [3.8, 4) is 34.0 Å². The number of fused-ring (bicyclic) bond motifs is 1.